The quantitative estimate of drug-likeness (QED) is 0.117. The maximum absolute atomic E-state index is 12.8. The summed E-state index contributed by atoms with van der Waals surface area (Å²) in [4.78, 5) is 12.8. The number of hydrogen-bond donors (Lipinski definition) is 2. The van der Waals surface area contributed by atoms with Crippen molar-refractivity contribution in [3.63, 3.8) is 0 Å². The summed E-state index contributed by atoms with van der Waals surface area (Å²) in [6.07, 6.45) is 20.9. The number of aliphatic hydroxyl groups excluding tert-OH is 1. The normalized spacial score (nSPS) is 11.9. The Morgan fingerprint density at radius 1 is 0.781 bits per heavy atom. The molecule has 0 aromatic rings. The van der Waals surface area contributed by atoms with E-state index in [0.29, 0.717) is 19.1 Å². The van der Waals surface area contributed by atoms with Gasteiger partial charge in [-0.3, -0.25) is 4.79 Å². The lowest BCUT2D eigenvalue weighted by Gasteiger charge is -2.25. The molecular formula is C28H57NO3. The maximum Gasteiger partial charge on any atom is 0.311 e. The van der Waals surface area contributed by atoms with E-state index < -0.39 is 0 Å². The third-order valence-corrected chi connectivity index (χ3v) is 6.63. The molecule has 0 aliphatic carbocycles. The van der Waals surface area contributed by atoms with Crippen molar-refractivity contribution >= 4 is 5.97 Å². The molecule has 0 radical (unpaired) electrons. The minimum atomic E-state index is -0.387. The molecule has 0 amide bonds. The van der Waals surface area contributed by atoms with Crippen LogP contribution in [0.5, 0.6) is 0 Å². The van der Waals surface area contributed by atoms with Gasteiger partial charge < -0.3 is 15.2 Å². The third kappa shape index (κ3) is 18.9. The Kier molecular flexibility index (Phi) is 21.8. The highest BCUT2D eigenvalue weighted by Gasteiger charge is 2.29. The van der Waals surface area contributed by atoms with Crippen molar-refractivity contribution in [2.45, 2.75) is 137 Å². The minimum Gasteiger partial charge on any atom is -0.465 e. The molecule has 4 nitrogen and oxygen atoms in total. The smallest absolute Gasteiger partial charge is 0.311 e. The van der Waals surface area contributed by atoms with Crippen molar-refractivity contribution in [3.05, 3.63) is 0 Å². The first-order chi connectivity index (χ1) is 15.5. The minimum absolute atomic E-state index is 0.0101. The Balaban J connectivity index is 4.21. The fourth-order valence-corrected chi connectivity index (χ4v) is 4.25. The van der Waals surface area contributed by atoms with Crippen LogP contribution in [0.15, 0.2) is 0 Å². The van der Waals surface area contributed by atoms with Crippen molar-refractivity contribution in [2.75, 3.05) is 26.3 Å². The summed E-state index contributed by atoms with van der Waals surface area (Å²) < 4.78 is 5.88. The molecule has 2 N–H and O–H groups in total. The van der Waals surface area contributed by atoms with Crippen molar-refractivity contribution in [3.8, 4) is 0 Å². The molecule has 0 saturated heterocycles. The van der Waals surface area contributed by atoms with E-state index in [0.717, 1.165) is 32.2 Å². The monoisotopic (exact) mass is 455 g/mol. The molecule has 32 heavy (non-hydrogen) atoms. The number of nitrogens with one attached hydrogen (secondary N) is 1. The number of unbranched alkanes of at least 4 members (excludes halogenated alkanes) is 11. The van der Waals surface area contributed by atoms with Crippen LogP contribution in [0.25, 0.3) is 0 Å². The number of ether oxygens (including phenoxy) is 1. The summed E-state index contributed by atoms with van der Waals surface area (Å²) in [6, 6.07) is 0. The molecule has 0 unspecified atom stereocenters. The number of aliphatic hydroxyl groups is 1. The van der Waals surface area contributed by atoms with Crippen LogP contribution in [0.1, 0.15) is 137 Å². The summed E-state index contributed by atoms with van der Waals surface area (Å²) in [6.45, 7) is 11.1. The first-order valence-electron chi connectivity index (χ1n) is 14.0. The summed E-state index contributed by atoms with van der Waals surface area (Å²) in [7, 11) is 0. The van der Waals surface area contributed by atoms with Gasteiger partial charge in [-0.05, 0) is 52.0 Å². The van der Waals surface area contributed by atoms with Crippen LogP contribution in [-0.2, 0) is 9.53 Å². The van der Waals surface area contributed by atoms with E-state index in [9.17, 15) is 4.79 Å². The van der Waals surface area contributed by atoms with Crippen LogP contribution in [0.4, 0.5) is 0 Å². The van der Waals surface area contributed by atoms with E-state index in [1.165, 1.54) is 83.5 Å². The van der Waals surface area contributed by atoms with Crippen LogP contribution in [0, 0.1) is 11.3 Å². The fourth-order valence-electron chi connectivity index (χ4n) is 4.25. The number of carbonyl (C=O) groups is 1. The van der Waals surface area contributed by atoms with Gasteiger partial charge in [0.2, 0.25) is 0 Å². The number of esters is 1. The molecule has 0 spiro atoms. The van der Waals surface area contributed by atoms with E-state index in [-0.39, 0.29) is 18.0 Å². The van der Waals surface area contributed by atoms with E-state index in [4.69, 9.17) is 9.84 Å². The standard InChI is InChI=1S/C28H57NO3/c1-5-7-9-11-15-19-26(20-16-12-10-8-6-2)25-32-27(31)28(3,4)21-17-13-14-18-22-29-23-24-30/h26,29-30H,5-25H2,1-4H3. The topological polar surface area (TPSA) is 58.6 Å². The van der Waals surface area contributed by atoms with Crippen molar-refractivity contribution in [2.24, 2.45) is 11.3 Å². The molecule has 192 valence electrons. The van der Waals surface area contributed by atoms with Crippen LogP contribution in [-0.4, -0.2) is 37.4 Å². The number of hydrogen-bond acceptors (Lipinski definition) is 4. The lowest BCUT2D eigenvalue weighted by molar-refractivity contribution is -0.156. The molecule has 0 fully saturated rings. The largest absolute Gasteiger partial charge is 0.465 e. The van der Waals surface area contributed by atoms with Gasteiger partial charge in [-0.25, -0.2) is 0 Å². The first kappa shape index (κ1) is 31.4. The van der Waals surface area contributed by atoms with E-state index >= 15 is 0 Å². The SMILES string of the molecule is CCCCCCCC(CCCCCCC)COC(=O)C(C)(C)CCCCCCNCCO. The lowest BCUT2D eigenvalue weighted by Crippen LogP contribution is -2.28. The molecule has 0 saturated carbocycles. The van der Waals surface area contributed by atoms with E-state index in [1.807, 2.05) is 13.8 Å². The second kappa shape index (κ2) is 22.2. The fraction of sp³-hybridized carbons (Fsp3) is 0.964. The van der Waals surface area contributed by atoms with Crippen molar-refractivity contribution in [1.29, 1.82) is 0 Å². The maximum atomic E-state index is 12.8. The van der Waals surface area contributed by atoms with Crippen LogP contribution in [0.3, 0.4) is 0 Å². The molecule has 0 bridgehead atoms. The third-order valence-electron chi connectivity index (χ3n) is 6.63. The number of rotatable bonds is 24. The van der Waals surface area contributed by atoms with Crippen molar-refractivity contribution < 1.29 is 14.6 Å². The second-order valence-corrected chi connectivity index (χ2v) is 10.4. The molecule has 0 atom stereocenters. The predicted molar refractivity (Wildman–Crippen MR) is 138 cm³/mol. The van der Waals surface area contributed by atoms with Crippen LogP contribution in [0.2, 0.25) is 0 Å². The first-order valence-corrected chi connectivity index (χ1v) is 14.0. The van der Waals surface area contributed by atoms with Gasteiger partial charge in [0.15, 0.2) is 0 Å². The average molecular weight is 456 g/mol. The van der Waals surface area contributed by atoms with Gasteiger partial charge in [0, 0.05) is 6.54 Å². The summed E-state index contributed by atoms with van der Waals surface area (Å²) in [5.41, 5.74) is -0.387. The zero-order chi connectivity index (χ0) is 23.9. The Hall–Kier alpha value is -0.610. The highest BCUT2D eigenvalue weighted by atomic mass is 16.5. The lowest BCUT2D eigenvalue weighted by atomic mass is 9.87. The molecular weight excluding hydrogens is 398 g/mol. The van der Waals surface area contributed by atoms with Crippen LogP contribution < -0.4 is 5.32 Å². The zero-order valence-electron chi connectivity index (χ0n) is 22.2. The predicted octanol–water partition coefficient (Wildman–Crippen LogP) is 7.43. The molecule has 4 heteroatoms. The molecule has 0 aromatic heterocycles. The van der Waals surface area contributed by atoms with Gasteiger partial charge in [0.05, 0.1) is 18.6 Å². The molecule has 0 heterocycles. The Morgan fingerprint density at radius 2 is 1.31 bits per heavy atom. The van der Waals surface area contributed by atoms with Crippen LogP contribution >= 0.6 is 0 Å². The van der Waals surface area contributed by atoms with Crippen molar-refractivity contribution in [1.82, 2.24) is 5.32 Å². The Labute approximate surface area is 200 Å². The number of carbonyl (C=O) groups excluding carboxylic acids is 1. The average Bonchev–Trinajstić information content (AvgIpc) is 2.78. The summed E-state index contributed by atoms with van der Waals surface area (Å²) >= 11 is 0. The van der Waals surface area contributed by atoms with Gasteiger partial charge in [-0.1, -0.05) is 97.3 Å². The van der Waals surface area contributed by atoms with Gasteiger partial charge in [-0.2, -0.15) is 0 Å². The molecule has 0 aromatic carbocycles. The van der Waals surface area contributed by atoms with E-state index in [2.05, 4.69) is 19.2 Å². The molecule has 0 rings (SSSR count). The Bertz CT molecular complexity index is 397. The summed E-state index contributed by atoms with van der Waals surface area (Å²) in [5, 5.41) is 12.0. The van der Waals surface area contributed by atoms with E-state index in [1.54, 1.807) is 0 Å². The molecule has 0 aliphatic rings. The highest BCUT2D eigenvalue weighted by molar-refractivity contribution is 5.75. The highest BCUT2D eigenvalue weighted by Crippen LogP contribution is 2.27. The van der Waals surface area contributed by atoms with Gasteiger partial charge in [0.25, 0.3) is 0 Å². The second-order valence-electron chi connectivity index (χ2n) is 10.4. The molecule has 0 aliphatic heterocycles. The zero-order valence-corrected chi connectivity index (χ0v) is 22.2. The summed E-state index contributed by atoms with van der Waals surface area (Å²) in [5.74, 6) is 0.522. The van der Waals surface area contributed by atoms with Gasteiger partial charge in [0.1, 0.15) is 0 Å². The Morgan fingerprint density at radius 3 is 1.88 bits per heavy atom. The van der Waals surface area contributed by atoms with Gasteiger partial charge >= 0.3 is 5.97 Å². The van der Waals surface area contributed by atoms with Gasteiger partial charge in [-0.15, -0.1) is 0 Å².